The first kappa shape index (κ1) is 11.3. The van der Waals surface area contributed by atoms with Gasteiger partial charge in [0.25, 0.3) is 0 Å². The van der Waals surface area contributed by atoms with E-state index in [4.69, 9.17) is 5.73 Å². The molecule has 86 valence electrons. The molecular weight excluding hydrogens is 219 g/mol. The van der Waals surface area contributed by atoms with Gasteiger partial charge in [-0.15, -0.1) is 0 Å². The number of halogens is 1. The molecule has 0 radical (unpaired) electrons. The molecule has 0 amide bonds. The van der Waals surface area contributed by atoms with Crippen LogP contribution in [0.15, 0.2) is 36.5 Å². The Kier molecular flexibility index (Phi) is 2.87. The third-order valence-electron chi connectivity index (χ3n) is 2.41. The standard InChI is InChI=1S/C13H11FN2O/c1-8-6-11(13(15)16-7-8)12(17)9-2-4-10(14)5-3-9/h2-7H,1H3,(H2,15,16). The predicted molar refractivity (Wildman–Crippen MR) is 63.2 cm³/mol. The maximum atomic E-state index is 12.7. The lowest BCUT2D eigenvalue weighted by Gasteiger charge is -2.05. The number of carbonyl (C=O) groups is 1. The molecular formula is C13H11FN2O. The number of nitrogens with two attached hydrogens (primary N) is 1. The molecule has 0 fully saturated rings. The van der Waals surface area contributed by atoms with E-state index in [1.165, 1.54) is 24.3 Å². The lowest BCUT2D eigenvalue weighted by molar-refractivity contribution is 0.103. The van der Waals surface area contributed by atoms with E-state index in [1.807, 2.05) is 6.92 Å². The fourth-order valence-electron chi connectivity index (χ4n) is 1.52. The molecule has 1 aromatic carbocycles. The summed E-state index contributed by atoms with van der Waals surface area (Å²) in [7, 11) is 0. The predicted octanol–water partition coefficient (Wildman–Crippen LogP) is 2.34. The molecule has 17 heavy (non-hydrogen) atoms. The smallest absolute Gasteiger partial charge is 0.196 e. The fraction of sp³-hybridized carbons (Fsp3) is 0.0769. The van der Waals surface area contributed by atoms with Crippen LogP contribution < -0.4 is 5.73 Å². The second-order valence-electron chi connectivity index (χ2n) is 3.78. The molecule has 1 heterocycles. The molecule has 0 saturated carbocycles. The molecule has 0 unspecified atom stereocenters. The van der Waals surface area contributed by atoms with E-state index < -0.39 is 0 Å². The minimum atomic E-state index is -0.378. The summed E-state index contributed by atoms with van der Waals surface area (Å²) in [5.41, 5.74) is 7.24. The first-order valence-electron chi connectivity index (χ1n) is 5.10. The monoisotopic (exact) mass is 230 g/mol. The van der Waals surface area contributed by atoms with Gasteiger partial charge in [0.2, 0.25) is 0 Å². The van der Waals surface area contributed by atoms with Crippen molar-refractivity contribution in [2.75, 3.05) is 5.73 Å². The van der Waals surface area contributed by atoms with Gasteiger partial charge in [-0.2, -0.15) is 0 Å². The average molecular weight is 230 g/mol. The fourth-order valence-corrected chi connectivity index (χ4v) is 1.52. The summed E-state index contributed by atoms with van der Waals surface area (Å²) in [5.74, 6) is -0.444. The second kappa shape index (κ2) is 4.33. The van der Waals surface area contributed by atoms with Gasteiger partial charge in [0.05, 0.1) is 5.56 Å². The normalized spacial score (nSPS) is 10.2. The van der Waals surface area contributed by atoms with Crippen molar-refractivity contribution in [3.05, 3.63) is 59.0 Å². The Labute approximate surface area is 98.1 Å². The van der Waals surface area contributed by atoms with Gasteiger partial charge in [-0.1, -0.05) is 0 Å². The quantitative estimate of drug-likeness (QED) is 0.805. The highest BCUT2D eigenvalue weighted by Gasteiger charge is 2.13. The van der Waals surface area contributed by atoms with Crippen LogP contribution in [0.1, 0.15) is 21.5 Å². The minimum absolute atomic E-state index is 0.185. The number of carbonyl (C=O) groups excluding carboxylic acids is 1. The third kappa shape index (κ3) is 2.30. The van der Waals surface area contributed by atoms with Gasteiger partial charge in [0.15, 0.2) is 5.78 Å². The van der Waals surface area contributed by atoms with Crippen molar-refractivity contribution >= 4 is 11.6 Å². The Morgan fingerprint density at radius 1 is 1.29 bits per heavy atom. The number of benzene rings is 1. The van der Waals surface area contributed by atoms with E-state index in [0.29, 0.717) is 11.1 Å². The van der Waals surface area contributed by atoms with Crippen molar-refractivity contribution < 1.29 is 9.18 Å². The Morgan fingerprint density at radius 2 is 1.94 bits per heavy atom. The number of nitrogens with zero attached hydrogens (tertiary/aromatic N) is 1. The van der Waals surface area contributed by atoms with Crippen molar-refractivity contribution in [1.29, 1.82) is 0 Å². The lowest BCUT2D eigenvalue weighted by atomic mass is 10.0. The first-order valence-corrected chi connectivity index (χ1v) is 5.10. The molecule has 2 rings (SSSR count). The molecule has 4 heteroatoms. The molecule has 0 aliphatic heterocycles. The topological polar surface area (TPSA) is 56.0 Å². The van der Waals surface area contributed by atoms with Gasteiger partial charge in [-0.05, 0) is 42.8 Å². The third-order valence-corrected chi connectivity index (χ3v) is 2.41. The summed E-state index contributed by atoms with van der Waals surface area (Å²) in [6, 6.07) is 7.02. The Bertz CT molecular complexity index is 564. The Hall–Kier alpha value is -2.23. The number of aryl methyl sites for hydroxylation is 1. The van der Waals surface area contributed by atoms with Crippen molar-refractivity contribution in [3.8, 4) is 0 Å². The molecule has 1 aromatic heterocycles. The Balaban J connectivity index is 2.43. The first-order chi connectivity index (χ1) is 8.08. The zero-order valence-corrected chi connectivity index (χ0v) is 9.27. The number of rotatable bonds is 2. The van der Waals surface area contributed by atoms with Crippen LogP contribution in [0.3, 0.4) is 0 Å². The summed E-state index contributed by atoms with van der Waals surface area (Å²) >= 11 is 0. The summed E-state index contributed by atoms with van der Waals surface area (Å²) in [4.78, 5) is 16.0. The number of pyridine rings is 1. The number of nitrogen functional groups attached to an aromatic ring is 1. The molecule has 2 aromatic rings. The van der Waals surface area contributed by atoms with Crippen molar-refractivity contribution in [3.63, 3.8) is 0 Å². The highest BCUT2D eigenvalue weighted by molar-refractivity contribution is 6.11. The van der Waals surface area contributed by atoms with Crippen molar-refractivity contribution in [1.82, 2.24) is 4.98 Å². The molecule has 0 aliphatic carbocycles. The SMILES string of the molecule is Cc1cnc(N)c(C(=O)c2ccc(F)cc2)c1. The molecule has 0 atom stereocenters. The van der Waals surface area contributed by atoms with Crippen LogP contribution in [0.25, 0.3) is 0 Å². The number of ketones is 1. The van der Waals surface area contributed by atoms with Crippen LogP contribution >= 0.6 is 0 Å². The molecule has 0 aliphatic rings. The zero-order valence-electron chi connectivity index (χ0n) is 9.27. The Morgan fingerprint density at radius 3 is 2.59 bits per heavy atom. The molecule has 2 N–H and O–H groups in total. The highest BCUT2D eigenvalue weighted by atomic mass is 19.1. The van der Waals surface area contributed by atoms with Gasteiger partial charge in [0.1, 0.15) is 11.6 Å². The number of anilines is 1. The molecule has 0 saturated heterocycles. The number of hydrogen-bond donors (Lipinski definition) is 1. The van der Waals surface area contributed by atoms with Crippen LogP contribution in [0.5, 0.6) is 0 Å². The zero-order chi connectivity index (χ0) is 12.4. The van der Waals surface area contributed by atoms with Crippen LogP contribution in [0.2, 0.25) is 0 Å². The minimum Gasteiger partial charge on any atom is -0.383 e. The van der Waals surface area contributed by atoms with E-state index in [0.717, 1.165) is 5.56 Å². The molecule has 0 bridgehead atoms. The lowest BCUT2D eigenvalue weighted by Crippen LogP contribution is -2.07. The van der Waals surface area contributed by atoms with Gasteiger partial charge in [-0.25, -0.2) is 9.37 Å². The van der Waals surface area contributed by atoms with Gasteiger partial charge in [0, 0.05) is 11.8 Å². The summed E-state index contributed by atoms with van der Waals surface area (Å²) in [6.45, 7) is 1.83. The molecule has 3 nitrogen and oxygen atoms in total. The van der Waals surface area contributed by atoms with Gasteiger partial charge in [-0.3, -0.25) is 4.79 Å². The summed E-state index contributed by atoms with van der Waals surface area (Å²) in [6.07, 6.45) is 1.59. The van der Waals surface area contributed by atoms with E-state index in [2.05, 4.69) is 4.98 Å². The maximum Gasteiger partial charge on any atom is 0.196 e. The summed E-state index contributed by atoms with van der Waals surface area (Å²) < 4.78 is 12.7. The van der Waals surface area contributed by atoms with E-state index in [-0.39, 0.29) is 17.4 Å². The second-order valence-corrected chi connectivity index (χ2v) is 3.78. The van der Waals surface area contributed by atoms with Crippen LogP contribution in [0.4, 0.5) is 10.2 Å². The van der Waals surface area contributed by atoms with Crippen molar-refractivity contribution in [2.24, 2.45) is 0 Å². The van der Waals surface area contributed by atoms with Gasteiger partial charge >= 0.3 is 0 Å². The van der Waals surface area contributed by atoms with Crippen LogP contribution in [-0.2, 0) is 0 Å². The van der Waals surface area contributed by atoms with Crippen LogP contribution in [-0.4, -0.2) is 10.8 Å². The van der Waals surface area contributed by atoms with E-state index in [1.54, 1.807) is 12.3 Å². The largest absolute Gasteiger partial charge is 0.383 e. The van der Waals surface area contributed by atoms with E-state index >= 15 is 0 Å². The maximum absolute atomic E-state index is 12.7. The molecule has 0 spiro atoms. The number of hydrogen-bond acceptors (Lipinski definition) is 3. The van der Waals surface area contributed by atoms with Gasteiger partial charge < -0.3 is 5.73 Å². The van der Waals surface area contributed by atoms with Crippen molar-refractivity contribution in [2.45, 2.75) is 6.92 Å². The van der Waals surface area contributed by atoms with E-state index in [9.17, 15) is 9.18 Å². The number of aromatic nitrogens is 1. The highest BCUT2D eigenvalue weighted by Crippen LogP contribution is 2.16. The average Bonchev–Trinajstić information content (AvgIpc) is 2.32. The summed E-state index contributed by atoms with van der Waals surface area (Å²) in [5, 5.41) is 0. The van der Waals surface area contributed by atoms with Crippen LogP contribution in [0, 0.1) is 12.7 Å².